The van der Waals surface area contributed by atoms with E-state index in [0.29, 0.717) is 16.8 Å². The van der Waals surface area contributed by atoms with E-state index in [1.165, 1.54) is 15.8 Å². The number of rotatable bonds is 3. The van der Waals surface area contributed by atoms with Crippen LogP contribution in [0.2, 0.25) is 0 Å². The Morgan fingerprint density at radius 1 is 1.07 bits per heavy atom. The fourth-order valence-corrected chi connectivity index (χ4v) is 3.70. The first kappa shape index (κ1) is 19.9. The SMILES string of the molecule is Cc1cc(CN2CCn3c(ccc(-n4cnc(C)c4)c3=O)C2=O)cc(C(F)(F)F)c1. The zero-order valence-corrected chi connectivity index (χ0v) is 16.4. The van der Waals surface area contributed by atoms with Crippen molar-refractivity contribution in [2.24, 2.45) is 0 Å². The Morgan fingerprint density at radius 2 is 1.83 bits per heavy atom. The topological polar surface area (TPSA) is 60.1 Å². The molecule has 0 N–H and O–H groups in total. The summed E-state index contributed by atoms with van der Waals surface area (Å²) < 4.78 is 42.3. The highest BCUT2D eigenvalue weighted by Gasteiger charge is 2.32. The average molecular weight is 416 g/mol. The number of halogens is 3. The van der Waals surface area contributed by atoms with Gasteiger partial charge in [-0.2, -0.15) is 13.2 Å². The Morgan fingerprint density at radius 3 is 2.50 bits per heavy atom. The standard InChI is InChI=1S/C21H19F3N4O2/c1-13-7-15(9-16(8-13)21(22,23)24)11-26-5-6-28-18(19(26)29)4-3-17(20(28)30)27-10-14(2)25-12-27/h3-4,7-10,12H,5-6,11H2,1-2H3. The summed E-state index contributed by atoms with van der Waals surface area (Å²) in [5, 5.41) is 0. The molecule has 30 heavy (non-hydrogen) atoms. The number of hydrogen-bond acceptors (Lipinski definition) is 3. The Bertz CT molecular complexity index is 1190. The Labute approximate surface area is 170 Å². The largest absolute Gasteiger partial charge is 0.416 e. The number of nitrogens with zero attached hydrogens (tertiary/aromatic N) is 4. The highest BCUT2D eigenvalue weighted by Crippen LogP contribution is 2.31. The van der Waals surface area contributed by atoms with Gasteiger partial charge in [0.1, 0.15) is 11.4 Å². The third-order valence-corrected chi connectivity index (χ3v) is 5.08. The van der Waals surface area contributed by atoms with Crippen molar-refractivity contribution in [2.75, 3.05) is 6.54 Å². The van der Waals surface area contributed by atoms with E-state index in [-0.39, 0.29) is 36.8 Å². The lowest BCUT2D eigenvalue weighted by atomic mass is 10.1. The van der Waals surface area contributed by atoms with Crippen molar-refractivity contribution < 1.29 is 18.0 Å². The molecule has 6 nitrogen and oxygen atoms in total. The Kier molecular flexibility index (Phi) is 4.76. The molecule has 1 aliphatic heterocycles. The molecule has 1 amide bonds. The van der Waals surface area contributed by atoms with Gasteiger partial charge < -0.3 is 14.0 Å². The van der Waals surface area contributed by atoms with E-state index >= 15 is 0 Å². The third kappa shape index (κ3) is 3.62. The lowest BCUT2D eigenvalue weighted by molar-refractivity contribution is -0.137. The van der Waals surface area contributed by atoms with E-state index in [1.54, 1.807) is 35.9 Å². The van der Waals surface area contributed by atoms with E-state index in [2.05, 4.69) is 4.98 Å². The summed E-state index contributed by atoms with van der Waals surface area (Å²) >= 11 is 0. The molecule has 1 aliphatic rings. The van der Waals surface area contributed by atoms with Gasteiger partial charge in [0, 0.05) is 25.8 Å². The van der Waals surface area contributed by atoms with Gasteiger partial charge in [0.2, 0.25) is 0 Å². The molecule has 2 aromatic heterocycles. The molecule has 0 fully saturated rings. The van der Waals surface area contributed by atoms with Crippen LogP contribution in [0.3, 0.4) is 0 Å². The maximum Gasteiger partial charge on any atom is 0.416 e. The highest BCUT2D eigenvalue weighted by atomic mass is 19.4. The van der Waals surface area contributed by atoms with Crippen LogP contribution in [0.5, 0.6) is 0 Å². The van der Waals surface area contributed by atoms with Crippen LogP contribution in [0.15, 0.2) is 47.7 Å². The summed E-state index contributed by atoms with van der Waals surface area (Å²) in [5.41, 5.74) is 1.19. The molecule has 0 spiro atoms. The number of fused-ring (bicyclic) bond motifs is 1. The quantitative estimate of drug-likeness (QED) is 0.658. The normalized spacial score (nSPS) is 14.2. The first-order valence-corrected chi connectivity index (χ1v) is 9.35. The van der Waals surface area contributed by atoms with Gasteiger partial charge in [-0.3, -0.25) is 9.59 Å². The maximum absolute atomic E-state index is 13.1. The molecule has 0 unspecified atom stereocenters. The highest BCUT2D eigenvalue weighted by molar-refractivity contribution is 5.93. The lowest BCUT2D eigenvalue weighted by Gasteiger charge is -2.30. The monoisotopic (exact) mass is 416 g/mol. The molecule has 1 aromatic carbocycles. The minimum absolute atomic E-state index is 0.0419. The number of benzene rings is 1. The molecular weight excluding hydrogens is 397 g/mol. The first-order chi connectivity index (χ1) is 14.1. The lowest BCUT2D eigenvalue weighted by Crippen LogP contribution is -2.44. The molecule has 3 heterocycles. The first-order valence-electron chi connectivity index (χ1n) is 9.35. The third-order valence-electron chi connectivity index (χ3n) is 5.08. The zero-order valence-electron chi connectivity index (χ0n) is 16.4. The fraction of sp³-hybridized carbons (Fsp3) is 0.286. The van der Waals surface area contributed by atoms with Crippen LogP contribution in [0.1, 0.15) is 32.9 Å². The van der Waals surface area contributed by atoms with Crippen molar-refractivity contribution in [1.29, 1.82) is 0 Å². The summed E-state index contributed by atoms with van der Waals surface area (Å²) in [5.74, 6) is -0.387. The molecule has 156 valence electrons. The number of amides is 1. The zero-order chi connectivity index (χ0) is 21.6. The predicted octanol–water partition coefficient (Wildman–Crippen LogP) is 3.33. The minimum atomic E-state index is -4.45. The average Bonchev–Trinajstić information content (AvgIpc) is 3.09. The fourth-order valence-electron chi connectivity index (χ4n) is 3.70. The van der Waals surface area contributed by atoms with E-state index in [1.807, 2.05) is 6.92 Å². The van der Waals surface area contributed by atoms with Gasteiger partial charge in [-0.25, -0.2) is 4.98 Å². The van der Waals surface area contributed by atoms with Gasteiger partial charge >= 0.3 is 6.18 Å². The summed E-state index contributed by atoms with van der Waals surface area (Å²) in [4.78, 5) is 31.3. The smallest absolute Gasteiger partial charge is 0.331 e. The molecule has 0 radical (unpaired) electrons. The van der Waals surface area contributed by atoms with Crippen molar-refractivity contribution in [1.82, 2.24) is 19.0 Å². The minimum Gasteiger partial charge on any atom is -0.331 e. The van der Waals surface area contributed by atoms with E-state index in [0.717, 1.165) is 17.8 Å². The molecule has 0 atom stereocenters. The van der Waals surface area contributed by atoms with Gasteiger partial charge in [-0.15, -0.1) is 0 Å². The van der Waals surface area contributed by atoms with Gasteiger partial charge in [0.05, 0.1) is 17.6 Å². The van der Waals surface area contributed by atoms with Crippen LogP contribution in [0.4, 0.5) is 13.2 Å². The van der Waals surface area contributed by atoms with Crippen molar-refractivity contribution in [3.05, 3.63) is 81.3 Å². The molecule has 9 heteroatoms. The number of aryl methyl sites for hydroxylation is 2. The molecule has 4 rings (SSSR count). The van der Waals surface area contributed by atoms with Gasteiger partial charge in [-0.1, -0.05) is 11.6 Å². The molecular formula is C21H19F3N4O2. The number of pyridine rings is 1. The molecule has 0 bridgehead atoms. The number of aromatic nitrogens is 3. The number of carbonyl (C=O) groups is 1. The molecule has 0 saturated heterocycles. The van der Waals surface area contributed by atoms with Crippen LogP contribution < -0.4 is 5.56 Å². The second kappa shape index (κ2) is 7.16. The molecule has 0 saturated carbocycles. The van der Waals surface area contributed by atoms with Crippen LogP contribution in [-0.4, -0.2) is 31.5 Å². The van der Waals surface area contributed by atoms with Gasteiger partial charge in [0.15, 0.2) is 0 Å². The van der Waals surface area contributed by atoms with Crippen LogP contribution in [0, 0.1) is 13.8 Å². The van der Waals surface area contributed by atoms with Crippen LogP contribution in [-0.2, 0) is 19.3 Å². The van der Waals surface area contributed by atoms with Gasteiger partial charge in [0.25, 0.3) is 11.5 Å². The summed E-state index contributed by atoms with van der Waals surface area (Å²) in [6.07, 6.45) is -1.20. The molecule has 0 aliphatic carbocycles. The van der Waals surface area contributed by atoms with Crippen molar-refractivity contribution in [3.63, 3.8) is 0 Å². The summed E-state index contributed by atoms with van der Waals surface area (Å²) in [6.45, 7) is 3.93. The Balaban J connectivity index is 1.63. The van der Waals surface area contributed by atoms with Crippen molar-refractivity contribution in [2.45, 2.75) is 33.1 Å². The summed E-state index contributed by atoms with van der Waals surface area (Å²) in [6, 6.07) is 6.90. The van der Waals surface area contributed by atoms with Crippen molar-refractivity contribution in [3.8, 4) is 5.69 Å². The second-order valence-electron chi connectivity index (χ2n) is 7.41. The van der Waals surface area contributed by atoms with Gasteiger partial charge in [-0.05, 0) is 43.7 Å². The Hall–Kier alpha value is -3.36. The van der Waals surface area contributed by atoms with E-state index in [4.69, 9.17) is 0 Å². The van der Waals surface area contributed by atoms with E-state index in [9.17, 15) is 22.8 Å². The predicted molar refractivity (Wildman–Crippen MR) is 103 cm³/mol. The summed E-state index contributed by atoms with van der Waals surface area (Å²) in [7, 11) is 0. The molecule has 3 aromatic rings. The number of alkyl halides is 3. The number of hydrogen-bond donors (Lipinski definition) is 0. The van der Waals surface area contributed by atoms with Crippen LogP contribution >= 0.6 is 0 Å². The van der Waals surface area contributed by atoms with Crippen molar-refractivity contribution >= 4 is 5.91 Å². The van der Waals surface area contributed by atoms with Crippen LogP contribution in [0.25, 0.3) is 5.69 Å². The van der Waals surface area contributed by atoms with E-state index < -0.39 is 11.7 Å². The maximum atomic E-state index is 13.1. The number of imidazole rings is 1. The number of carbonyl (C=O) groups excluding carboxylic acids is 1. The second-order valence-corrected chi connectivity index (χ2v) is 7.41.